The fourth-order valence-corrected chi connectivity index (χ4v) is 2.27. The van der Waals surface area contributed by atoms with E-state index in [-0.39, 0.29) is 22.7 Å². The summed E-state index contributed by atoms with van der Waals surface area (Å²) in [5, 5.41) is 14.0. The van der Waals surface area contributed by atoms with Gasteiger partial charge in [0.05, 0.1) is 23.7 Å². The second-order valence-corrected chi connectivity index (χ2v) is 4.86. The largest absolute Gasteiger partial charge is 0.494 e. The fraction of sp³-hybridized carbons (Fsp3) is 0.538. The van der Waals surface area contributed by atoms with E-state index in [1.165, 1.54) is 13.2 Å². The first-order valence-corrected chi connectivity index (χ1v) is 6.32. The molecule has 7 heteroatoms. The maximum Gasteiger partial charge on any atom is 0.295 e. The summed E-state index contributed by atoms with van der Waals surface area (Å²) < 4.78 is 23.8. The average molecular weight is 284 g/mol. The maximum atomic E-state index is 13.5. The number of nitro benzene ring substituents is 1. The molecule has 1 aromatic rings. The van der Waals surface area contributed by atoms with Gasteiger partial charge in [-0.3, -0.25) is 10.1 Å². The van der Waals surface area contributed by atoms with E-state index in [2.05, 4.69) is 5.32 Å². The van der Waals surface area contributed by atoms with E-state index in [0.29, 0.717) is 6.54 Å². The standard InChI is InChI=1S/C13H17FN2O4/c1-19-12-7-10(11(16(17)18)6-9(12)14)15-8-13(20-2)4-3-5-13/h6-7,15H,3-5,8H2,1-2H3. The number of nitrogens with zero attached hydrogens (tertiary/aromatic N) is 1. The molecule has 0 radical (unpaired) electrons. The highest BCUT2D eigenvalue weighted by Crippen LogP contribution is 2.37. The van der Waals surface area contributed by atoms with Gasteiger partial charge in [0.1, 0.15) is 5.69 Å². The Bertz CT molecular complexity index is 512. The van der Waals surface area contributed by atoms with Crippen LogP contribution in [0.2, 0.25) is 0 Å². The van der Waals surface area contributed by atoms with Crippen molar-refractivity contribution in [3.63, 3.8) is 0 Å². The molecule has 0 bridgehead atoms. The molecular formula is C13H17FN2O4. The number of anilines is 1. The molecule has 0 unspecified atom stereocenters. The molecule has 2 rings (SSSR count). The average Bonchev–Trinajstić information content (AvgIpc) is 2.38. The van der Waals surface area contributed by atoms with Gasteiger partial charge in [-0.15, -0.1) is 0 Å². The molecule has 0 aromatic heterocycles. The van der Waals surface area contributed by atoms with Crippen LogP contribution in [0.1, 0.15) is 19.3 Å². The smallest absolute Gasteiger partial charge is 0.295 e. The number of benzene rings is 1. The molecular weight excluding hydrogens is 267 g/mol. The Morgan fingerprint density at radius 1 is 1.45 bits per heavy atom. The summed E-state index contributed by atoms with van der Waals surface area (Å²) in [7, 11) is 2.94. The molecule has 0 atom stereocenters. The molecule has 0 amide bonds. The number of methoxy groups -OCH3 is 2. The van der Waals surface area contributed by atoms with Crippen molar-refractivity contribution in [2.75, 3.05) is 26.1 Å². The molecule has 1 fully saturated rings. The molecule has 110 valence electrons. The quantitative estimate of drug-likeness (QED) is 0.642. The van der Waals surface area contributed by atoms with Gasteiger partial charge in [0.25, 0.3) is 5.69 Å². The SMILES string of the molecule is COc1cc(NCC2(OC)CCC2)c([N+](=O)[O-])cc1F. The Morgan fingerprint density at radius 2 is 2.15 bits per heavy atom. The van der Waals surface area contributed by atoms with Crippen LogP contribution < -0.4 is 10.1 Å². The highest BCUT2D eigenvalue weighted by Gasteiger charge is 2.37. The summed E-state index contributed by atoms with van der Waals surface area (Å²) in [5.41, 5.74) is -0.361. The van der Waals surface area contributed by atoms with Crippen LogP contribution in [0.4, 0.5) is 15.8 Å². The van der Waals surface area contributed by atoms with Gasteiger partial charge in [-0.05, 0) is 19.3 Å². The number of rotatable bonds is 6. The van der Waals surface area contributed by atoms with Gasteiger partial charge in [-0.2, -0.15) is 0 Å². The minimum absolute atomic E-state index is 0.0295. The molecule has 6 nitrogen and oxygen atoms in total. The van der Waals surface area contributed by atoms with Crippen LogP contribution >= 0.6 is 0 Å². The van der Waals surface area contributed by atoms with Crippen molar-refractivity contribution in [1.82, 2.24) is 0 Å². The first-order chi connectivity index (χ1) is 9.51. The lowest BCUT2D eigenvalue weighted by Crippen LogP contribution is -2.45. The molecule has 20 heavy (non-hydrogen) atoms. The van der Waals surface area contributed by atoms with Crippen LogP contribution in [0, 0.1) is 15.9 Å². The lowest BCUT2D eigenvalue weighted by Gasteiger charge is -2.40. The third kappa shape index (κ3) is 2.67. The van der Waals surface area contributed by atoms with Gasteiger partial charge in [0.2, 0.25) is 0 Å². The summed E-state index contributed by atoms with van der Waals surface area (Å²) in [4.78, 5) is 10.4. The molecule has 1 aliphatic rings. The first-order valence-electron chi connectivity index (χ1n) is 6.32. The van der Waals surface area contributed by atoms with Crippen LogP contribution in [0.25, 0.3) is 0 Å². The number of hydrogen-bond donors (Lipinski definition) is 1. The predicted molar refractivity (Wildman–Crippen MR) is 71.7 cm³/mol. The Kier molecular flexibility index (Phi) is 4.08. The Morgan fingerprint density at radius 3 is 2.60 bits per heavy atom. The molecule has 1 aromatic carbocycles. The van der Waals surface area contributed by atoms with Gasteiger partial charge in [-0.25, -0.2) is 4.39 Å². The molecule has 1 aliphatic carbocycles. The van der Waals surface area contributed by atoms with E-state index in [9.17, 15) is 14.5 Å². The minimum atomic E-state index is -0.755. The Balaban J connectivity index is 2.22. The van der Waals surface area contributed by atoms with Crippen LogP contribution in [0.5, 0.6) is 5.75 Å². The van der Waals surface area contributed by atoms with Crippen molar-refractivity contribution in [3.05, 3.63) is 28.1 Å². The number of halogens is 1. The highest BCUT2D eigenvalue weighted by atomic mass is 19.1. The van der Waals surface area contributed by atoms with E-state index in [1.807, 2.05) is 0 Å². The van der Waals surface area contributed by atoms with Crippen molar-refractivity contribution in [3.8, 4) is 5.75 Å². The van der Waals surface area contributed by atoms with E-state index < -0.39 is 10.7 Å². The van der Waals surface area contributed by atoms with Crippen molar-refractivity contribution in [1.29, 1.82) is 0 Å². The summed E-state index contributed by atoms with van der Waals surface area (Å²) >= 11 is 0. The maximum absolute atomic E-state index is 13.5. The number of hydrogen-bond acceptors (Lipinski definition) is 5. The third-order valence-electron chi connectivity index (χ3n) is 3.77. The topological polar surface area (TPSA) is 73.6 Å². The van der Waals surface area contributed by atoms with Crippen LogP contribution in [0.15, 0.2) is 12.1 Å². The zero-order valence-electron chi connectivity index (χ0n) is 11.4. The number of nitrogens with one attached hydrogen (secondary N) is 1. The van der Waals surface area contributed by atoms with Gasteiger partial charge < -0.3 is 14.8 Å². The second kappa shape index (κ2) is 5.62. The van der Waals surface area contributed by atoms with E-state index in [4.69, 9.17) is 9.47 Å². The van der Waals surface area contributed by atoms with Gasteiger partial charge in [0, 0.05) is 19.7 Å². The van der Waals surface area contributed by atoms with Crippen LogP contribution in [-0.4, -0.2) is 31.3 Å². The molecule has 0 spiro atoms. The van der Waals surface area contributed by atoms with Crippen molar-refractivity contribution in [2.24, 2.45) is 0 Å². The predicted octanol–water partition coefficient (Wildman–Crippen LogP) is 2.72. The Labute approximate surface area is 116 Å². The zero-order valence-corrected chi connectivity index (χ0v) is 11.4. The molecule has 0 aliphatic heterocycles. The van der Waals surface area contributed by atoms with Crippen molar-refractivity contribution >= 4 is 11.4 Å². The van der Waals surface area contributed by atoms with E-state index in [0.717, 1.165) is 25.3 Å². The zero-order chi connectivity index (χ0) is 14.8. The van der Waals surface area contributed by atoms with Crippen molar-refractivity contribution in [2.45, 2.75) is 24.9 Å². The third-order valence-corrected chi connectivity index (χ3v) is 3.77. The fourth-order valence-electron chi connectivity index (χ4n) is 2.27. The number of ether oxygens (including phenoxy) is 2. The lowest BCUT2D eigenvalue weighted by atomic mass is 9.80. The first kappa shape index (κ1) is 14.5. The minimum Gasteiger partial charge on any atom is -0.494 e. The Hall–Kier alpha value is -1.89. The lowest BCUT2D eigenvalue weighted by molar-refractivity contribution is -0.384. The molecule has 1 saturated carbocycles. The number of nitro groups is 1. The summed E-state index contributed by atoms with van der Waals surface area (Å²) in [6.07, 6.45) is 2.88. The van der Waals surface area contributed by atoms with Gasteiger partial charge in [-0.1, -0.05) is 0 Å². The van der Waals surface area contributed by atoms with E-state index >= 15 is 0 Å². The molecule has 0 heterocycles. The molecule has 1 N–H and O–H groups in total. The van der Waals surface area contributed by atoms with E-state index in [1.54, 1.807) is 7.11 Å². The van der Waals surface area contributed by atoms with Crippen LogP contribution in [0.3, 0.4) is 0 Å². The van der Waals surface area contributed by atoms with Crippen molar-refractivity contribution < 1.29 is 18.8 Å². The molecule has 0 saturated heterocycles. The summed E-state index contributed by atoms with van der Waals surface area (Å²) in [5.74, 6) is -0.784. The van der Waals surface area contributed by atoms with Crippen LogP contribution in [-0.2, 0) is 4.74 Å². The summed E-state index contributed by atoms with van der Waals surface area (Å²) in [6, 6.07) is 2.16. The van der Waals surface area contributed by atoms with Gasteiger partial charge in [0.15, 0.2) is 11.6 Å². The normalized spacial score (nSPS) is 16.4. The summed E-state index contributed by atoms with van der Waals surface area (Å²) in [6.45, 7) is 0.444. The highest BCUT2D eigenvalue weighted by molar-refractivity contribution is 5.64. The van der Waals surface area contributed by atoms with Gasteiger partial charge >= 0.3 is 0 Å². The second-order valence-electron chi connectivity index (χ2n) is 4.86. The monoisotopic (exact) mass is 284 g/mol.